The van der Waals surface area contributed by atoms with Gasteiger partial charge in [-0.1, -0.05) is 35.9 Å². The molecular weight excluding hydrogens is 356 g/mol. The van der Waals surface area contributed by atoms with Crippen molar-refractivity contribution in [1.29, 1.82) is 0 Å². The maximum absolute atomic E-state index is 12.4. The number of rotatable bonds is 4. The van der Waals surface area contributed by atoms with Crippen LogP contribution < -0.4 is 5.32 Å². The second kappa shape index (κ2) is 6.66. The number of imidazole rings is 1. The van der Waals surface area contributed by atoms with Crippen molar-refractivity contribution in [3.63, 3.8) is 0 Å². The molecule has 0 spiro atoms. The van der Waals surface area contributed by atoms with Crippen molar-refractivity contribution in [3.8, 4) is 5.82 Å². The number of carbonyl (C=O) groups is 1. The lowest BCUT2D eigenvalue weighted by Crippen LogP contribution is -2.22. The van der Waals surface area contributed by atoms with Crippen LogP contribution in [0.2, 0.25) is 5.02 Å². The molecule has 0 fully saturated rings. The Morgan fingerprint density at radius 3 is 2.84 bits per heavy atom. The first-order valence-electron chi connectivity index (χ1n) is 7.61. The zero-order valence-electron chi connectivity index (χ0n) is 13.0. The molecule has 124 valence electrons. The van der Waals surface area contributed by atoms with Gasteiger partial charge in [-0.2, -0.15) is 0 Å². The largest absolute Gasteiger partial charge is 0.347 e. The number of thiophene rings is 1. The normalized spacial score (nSPS) is 10.9. The van der Waals surface area contributed by atoms with Gasteiger partial charge in [0.25, 0.3) is 5.91 Å². The van der Waals surface area contributed by atoms with Crippen molar-refractivity contribution < 1.29 is 4.79 Å². The third-order valence-electron chi connectivity index (χ3n) is 3.77. The van der Waals surface area contributed by atoms with E-state index in [1.807, 2.05) is 47.2 Å². The molecular formula is C18H13ClN4OS. The summed E-state index contributed by atoms with van der Waals surface area (Å²) in [5.74, 6) is 0.602. The van der Waals surface area contributed by atoms with Crippen LogP contribution in [-0.4, -0.2) is 20.4 Å². The zero-order chi connectivity index (χ0) is 17.2. The molecule has 25 heavy (non-hydrogen) atoms. The summed E-state index contributed by atoms with van der Waals surface area (Å²) in [6.07, 6.45) is 6.95. The van der Waals surface area contributed by atoms with E-state index in [0.29, 0.717) is 16.4 Å². The van der Waals surface area contributed by atoms with Gasteiger partial charge in [-0.15, -0.1) is 11.3 Å². The summed E-state index contributed by atoms with van der Waals surface area (Å²) in [5.41, 5.74) is 0.912. The molecule has 0 radical (unpaired) electrons. The molecule has 0 saturated heterocycles. The highest BCUT2D eigenvalue weighted by atomic mass is 35.5. The van der Waals surface area contributed by atoms with Crippen LogP contribution in [0.5, 0.6) is 0 Å². The number of hydrogen-bond acceptors (Lipinski definition) is 4. The maximum Gasteiger partial charge on any atom is 0.263 e. The second-order valence-corrected chi connectivity index (χ2v) is 6.85. The minimum Gasteiger partial charge on any atom is -0.347 e. The van der Waals surface area contributed by atoms with E-state index in [1.54, 1.807) is 18.7 Å². The Bertz CT molecular complexity index is 1030. The fourth-order valence-electron chi connectivity index (χ4n) is 2.49. The number of fused-ring (bicyclic) bond motifs is 1. The summed E-state index contributed by atoms with van der Waals surface area (Å²) in [6.45, 7) is 0.390. The van der Waals surface area contributed by atoms with E-state index in [2.05, 4.69) is 15.3 Å². The van der Waals surface area contributed by atoms with E-state index in [-0.39, 0.29) is 5.91 Å². The molecule has 3 aromatic heterocycles. The van der Waals surface area contributed by atoms with Crippen molar-refractivity contribution in [2.45, 2.75) is 6.54 Å². The number of halogens is 1. The van der Waals surface area contributed by atoms with Gasteiger partial charge in [-0.25, -0.2) is 9.97 Å². The Labute approximate surface area is 152 Å². The number of hydrogen-bond donors (Lipinski definition) is 1. The van der Waals surface area contributed by atoms with Crippen LogP contribution in [0.4, 0.5) is 0 Å². The van der Waals surface area contributed by atoms with Crippen LogP contribution in [0, 0.1) is 0 Å². The third kappa shape index (κ3) is 3.14. The number of benzene rings is 1. The van der Waals surface area contributed by atoms with E-state index in [4.69, 9.17) is 11.6 Å². The average Bonchev–Trinajstić information content (AvgIpc) is 3.29. The van der Waals surface area contributed by atoms with Crippen LogP contribution in [-0.2, 0) is 6.54 Å². The summed E-state index contributed by atoms with van der Waals surface area (Å²) < 4.78 is 2.82. The van der Waals surface area contributed by atoms with Crippen molar-refractivity contribution in [2.24, 2.45) is 0 Å². The lowest BCUT2D eigenvalue weighted by atomic mass is 10.2. The Morgan fingerprint density at radius 1 is 1.24 bits per heavy atom. The topological polar surface area (TPSA) is 59.8 Å². The first kappa shape index (κ1) is 15.8. The van der Waals surface area contributed by atoms with Gasteiger partial charge in [0.05, 0.1) is 5.02 Å². The van der Waals surface area contributed by atoms with Crippen LogP contribution in [0.25, 0.3) is 15.9 Å². The lowest BCUT2D eigenvalue weighted by Gasteiger charge is -2.06. The van der Waals surface area contributed by atoms with Crippen molar-refractivity contribution in [1.82, 2.24) is 19.9 Å². The number of pyridine rings is 1. The van der Waals surface area contributed by atoms with Crippen LogP contribution in [0.3, 0.4) is 0 Å². The highest BCUT2D eigenvalue weighted by molar-refractivity contribution is 7.21. The molecule has 1 amide bonds. The summed E-state index contributed by atoms with van der Waals surface area (Å²) in [6, 6.07) is 11.5. The monoisotopic (exact) mass is 368 g/mol. The van der Waals surface area contributed by atoms with Gasteiger partial charge < -0.3 is 5.32 Å². The highest BCUT2D eigenvalue weighted by Gasteiger charge is 2.16. The second-order valence-electron chi connectivity index (χ2n) is 5.42. The molecule has 0 bridgehead atoms. The van der Waals surface area contributed by atoms with E-state index < -0.39 is 0 Å². The molecule has 0 unspecified atom stereocenters. The van der Waals surface area contributed by atoms with Crippen LogP contribution in [0.15, 0.2) is 61.3 Å². The van der Waals surface area contributed by atoms with Crippen molar-refractivity contribution in [3.05, 3.63) is 76.8 Å². The predicted molar refractivity (Wildman–Crippen MR) is 99.4 cm³/mol. The molecule has 0 aliphatic carbocycles. The Morgan fingerprint density at radius 2 is 2.12 bits per heavy atom. The predicted octanol–water partition coefficient (Wildman–Crippen LogP) is 4.07. The van der Waals surface area contributed by atoms with Gasteiger partial charge in [-0.3, -0.25) is 9.36 Å². The Balaban J connectivity index is 1.47. The Kier molecular flexibility index (Phi) is 4.21. The highest BCUT2D eigenvalue weighted by Crippen LogP contribution is 2.34. The maximum atomic E-state index is 12.4. The smallest absolute Gasteiger partial charge is 0.263 e. The van der Waals surface area contributed by atoms with Crippen LogP contribution in [0.1, 0.15) is 15.2 Å². The number of aromatic nitrogens is 3. The summed E-state index contributed by atoms with van der Waals surface area (Å²) >= 11 is 7.74. The molecule has 1 N–H and O–H groups in total. The molecule has 4 rings (SSSR count). The number of nitrogens with zero attached hydrogens (tertiary/aromatic N) is 3. The van der Waals surface area contributed by atoms with Gasteiger partial charge in [0, 0.05) is 35.2 Å². The van der Waals surface area contributed by atoms with Crippen molar-refractivity contribution >= 4 is 38.9 Å². The van der Waals surface area contributed by atoms with E-state index >= 15 is 0 Å². The Hall–Kier alpha value is -2.70. The summed E-state index contributed by atoms with van der Waals surface area (Å²) in [5, 5.41) is 4.31. The van der Waals surface area contributed by atoms with E-state index in [0.717, 1.165) is 21.5 Å². The van der Waals surface area contributed by atoms with E-state index in [1.165, 1.54) is 11.3 Å². The first-order valence-corrected chi connectivity index (χ1v) is 8.80. The standard InChI is InChI=1S/C18H13ClN4OS/c19-16-13-3-1-2-4-14(13)25-17(16)18(24)22-10-12-5-6-15(21-9-12)23-8-7-20-11-23/h1-9,11H,10H2,(H,22,24). The zero-order valence-corrected chi connectivity index (χ0v) is 14.6. The first-order chi connectivity index (χ1) is 12.2. The molecule has 5 nitrogen and oxygen atoms in total. The van der Waals surface area contributed by atoms with Gasteiger partial charge >= 0.3 is 0 Å². The van der Waals surface area contributed by atoms with Gasteiger partial charge in [-0.05, 0) is 17.7 Å². The average molecular weight is 369 g/mol. The fraction of sp³-hybridized carbons (Fsp3) is 0.0556. The lowest BCUT2D eigenvalue weighted by molar-refractivity contribution is 0.0955. The summed E-state index contributed by atoms with van der Waals surface area (Å²) in [7, 11) is 0. The van der Waals surface area contributed by atoms with Gasteiger partial charge in [0.2, 0.25) is 0 Å². The van der Waals surface area contributed by atoms with E-state index in [9.17, 15) is 4.79 Å². The molecule has 4 aromatic rings. The third-order valence-corrected chi connectivity index (χ3v) is 5.45. The number of carbonyl (C=O) groups excluding carboxylic acids is 1. The van der Waals surface area contributed by atoms with Crippen molar-refractivity contribution in [2.75, 3.05) is 0 Å². The quantitative estimate of drug-likeness (QED) is 0.590. The molecule has 0 atom stereocenters. The fourth-order valence-corrected chi connectivity index (χ4v) is 3.92. The number of amides is 1. The number of nitrogens with one attached hydrogen (secondary N) is 1. The SMILES string of the molecule is O=C(NCc1ccc(-n2ccnc2)nc1)c1sc2ccccc2c1Cl. The minimum atomic E-state index is -0.176. The molecule has 1 aromatic carbocycles. The molecule has 0 aliphatic rings. The van der Waals surface area contributed by atoms with Crippen LogP contribution >= 0.6 is 22.9 Å². The minimum absolute atomic E-state index is 0.176. The molecule has 3 heterocycles. The van der Waals surface area contributed by atoms with Gasteiger partial charge in [0.1, 0.15) is 17.0 Å². The molecule has 0 saturated carbocycles. The molecule has 7 heteroatoms. The summed E-state index contributed by atoms with van der Waals surface area (Å²) in [4.78, 5) is 21.3. The van der Waals surface area contributed by atoms with Gasteiger partial charge in [0.15, 0.2) is 0 Å². The molecule has 0 aliphatic heterocycles.